The lowest BCUT2D eigenvalue weighted by Gasteiger charge is -2.08. The van der Waals surface area contributed by atoms with Crippen LogP contribution in [0.2, 0.25) is 0 Å². The van der Waals surface area contributed by atoms with Gasteiger partial charge < -0.3 is 15.7 Å². The number of aromatic hydroxyl groups is 1. The van der Waals surface area contributed by atoms with E-state index < -0.39 is 5.91 Å². The molecule has 0 saturated carbocycles. The Bertz CT molecular complexity index is 748. The van der Waals surface area contributed by atoms with Gasteiger partial charge in [0.1, 0.15) is 17.4 Å². The Morgan fingerprint density at radius 1 is 1.41 bits per heavy atom. The number of pyridine rings is 1. The number of hydrogen-bond acceptors (Lipinski definition) is 5. The molecule has 3 N–H and O–H groups in total. The molecule has 0 aliphatic rings. The summed E-state index contributed by atoms with van der Waals surface area (Å²) in [6, 6.07) is 9.91. The van der Waals surface area contributed by atoms with Gasteiger partial charge in [-0.25, -0.2) is 0 Å². The van der Waals surface area contributed by atoms with Crippen molar-refractivity contribution in [3.05, 3.63) is 60.1 Å². The van der Waals surface area contributed by atoms with E-state index in [0.29, 0.717) is 16.9 Å². The third kappa shape index (κ3) is 3.84. The molecule has 1 aromatic heterocycles. The molecular formula is C16H14N4O2. The van der Waals surface area contributed by atoms with Gasteiger partial charge in [0.2, 0.25) is 0 Å². The Hall–Kier alpha value is -3.33. The van der Waals surface area contributed by atoms with E-state index in [0.717, 1.165) is 0 Å². The SMILES string of the molecule is Cc1cc(O)ccc1NC(=O)/C(C#N)=C\Nc1cccnc1. The van der Waals surface area contributed by atoms with E-state index in [1.807, 2.05) is 6.07 Å². The number of carbonyl (C=O) groups excluding carboxylic acids is 1. The number of phenolic OH excluding ortho intramolecular Hbond substituents is 1. The van der Waals surface area contributed by atoms with Crippen molar-refractivity contribution in [3.63, 3.8) is 0 Å². The number of nitrogens with one attached hydrogen (secondary N) is 2. The zero-order valence-corrected chi connectivity index (χ0v) is 11.9. The van der Waals surface area contributed by atoms with Crippen LogP contribution in [0.25, 0.3) is 0 Å². The fourth-order valence-electron chi connectivity index (χ4n) is 1.73. The van der Waals surface area contributed by atoms with Crippen LogP contribution in [0.5, 0.6) is 5.75 Å². The normalized spacial score (nSPS) is 10.6. The molecule has 0 fully saturated rings. The molecule has 1 amide bonds. The van der Waals surface area contributed by atoms with Crippen LogP contribution in [0, 0.1) is 18.3 Å². The maximum atomic E-state index is 12.1. The van der Waals surface area contributed by atoms with Gasteiger partial charge >= 0.3 is 0 Å². The minimum atomic E-state index is -0.535. The quantitative estimate of drug-likeness (QED) is 0.457. The second kappa shape index (κ2) is 6.90. The second-order valence-corrected chi connectivity index (χ2v) is 4.51. The fraction of sp³-hybridized carbons (Fsp3) is 0.0625. The molecule has 1 heterocycles. The van der Waals surface area contributed by atoms with E-state index in [4.69, 9.17) is 5.26 Å². The van der Waals surface area contributed by atoms with Crippen molar-refractivity contribution in [3.8, 4) is 11.8 Å². The molecule has 0 radical (unpaired) electrons. The molecule has 2 rings (SSSR count). The summed E-state index contributed by atoms with van der Waals surface area (Å²) in [6.07, 6.45) is 4.52. The van der Waals surface area contributed by atoms with Crippen LogP contribution in [0.15, 0.2) is 54.5 Å². The number of rotatable bonds is 4. The lowest BCUT2D eigenvalue weighted by Crippen LogP contribution is -2.15. The van der Waals surface area contributed by atoms with Crippen LogP contribution in [0.1, 0.15) is 5.56 Å². The van der Waals surface area contributed by atoms with Crippen LogP contribution in [0.4, 0.5) is 11.4 Å². The summed E-state index contributed by atoms with van der Waals surface area (Å²) in [7, 11) is 0. The van der Waals surface area contributed by atoms with Gasteiger partial charge in [0, 0.05) is 18.1 Å². The van der Waals surface area contributed by atoms with E-state index in [2.05, 4.69) is 15.6 Å². The summed E-state index contributed by atoms with van der Waals surface area (Å²) in [6.45, 7) is 1.75. The van der Waals surface area contributed by atoms with Crippen LogP contribution in [-0.4, -0.2) is 16.0 Å². The summed E-state index contributed by atoms with van der Waals surface area (Å²) in [4.78, 5) is 16.0. The molecule has 0 aliphatic carbocycles. The van der Waals surface area contributed by atoms with E-state index >= 15 is 0 Å². The number of aryl methyl sites for hydroxylation is 1. The van der Waals surface area contributed by atoms with Gasteiger partial charge in [0.05, 0.1) is 11.9 Å². The van der Waals surface area contributed by atoms with Gasteiger partial charge in [0.25, 0.3) is 5.91 Å². The molecule has 0 saturated heterocycles. The third-order valence-corrected chi connectivity index (χ3v) is 2.87. The van der Waals surface area contributed by atoms with Gasteiger partial charge in [-0.1, -0.05) is 0 Å². The average molecular weight is 294 g/mol. The van der Waals surface area contributed by atoms with Crippen molar-refractivity contribution in [2.45, 2.75) is 6.92 Å². The van der Waals surface area contributed by atoms with Gasteiger partial charge in [0.15, 0.2) is 0 Å². The molecule has 0 unspecified atom stereocenters. The minimum Gasteiger partial charge on any atom is -0.508 e. The minimum absolute atomic E-state index is 0.0728. The van der Waals surface area contributed by atoms with Crippen molar-refractivity contribution in [2.75, 3.05) is 10.6 Å². The largest absolute Gasteiger partial charge is 0.508 e. The molecule has 0 spiro atoms. The van der Waals surface area contributed by atoms with Crippen LogP contribution in [0.3, 0.4) is 0 Å². The monoisotopic (exact) mass is 294 g/mol. The van der Waals surface area contributed by atoms with E-state index in [1.54, 1.807) is 37.5 Å². The Kier molecular flexibility index (Phi) is 4.73. The van der Waals surface area contributed by atoms with E-state index in [1.165, 1.54) is 18.3 Å². The standard InChI is InChI=1S/C16H14N4O2/c1-11-7-14(21)4-5-15(11)20-16(22)12(8-17)9-19-13-3-2-6-18-10-13/h2-7,9-10,19,21H,1H3,(H,20,22)/b12-9-. The average Bonchev–Trinajstić information content (AvgIpc) is 2.52. The lowest BCUT2D eigenvalue weighted by molar-refractivity contribution is -0.112. The Labute approximate surface area is 127 Å². The van der Waals surface area contributed by atoms with Crippen molar-refractivity contribution < 1.29 is 9.90 Å². The zero-order chi connectivity index (χ0) is 15.9. The summed E-state index contributed by atoms with van der Waals surface area (Å²) in [5.74, 6) is -0.419. The van der Waals surface area contributed by atoms with Crippen LogP contribution in [-0.2, 0) is 4.79 Å². The highest BCUT2D eigenvalue weighted by Gasteiger charge is 2.10. The molecule has 0 atom stereocenters. The Morgan fingerprint density at radius 2 is 2.23 bits per heavy atom. The highest BCUT2D eigenvalue weighted by molar-refractivity contribution is 6.07. The molecule has 0 bridgehead atoms. The second-order valence-electron chi connectivity index (χ2n) is 4.51. The number of carbonyl (C=O) groups is 1. The van der Waals surface area contributed by atoms with Crippen molar-refractivity contribution in [1.29, 1.82) is 5.26 Å². The van der Waals surface area contributed by atoms with Crippen LogP contribution >= 0.6 is 0 Å². The molecule has 6 nitrogen and oxygen atoms in total. The van der Waals surface area contributed by atoms with Gasteiger partial charge in [-0.15, -0.1) is 0 Å². The van der Waals surface area contributed by atoms with E-state index in [-0.39, 0.29) is 11.3 Å². The fourth-order valence-corrected chi connectivity index (χ4v) is 1.73. The zero-order valence-electron chi connectivity index (χ0n) is 11.9. The van der Waals surface area contributed by atoms with Gasteiger partial charge in [-0.3, -0.25) is 9.78 Å². The summed E-state index contributed by atoms with van der Waals surface area (Å²) in [5.41, 5.74) is 1.83. The maximum Gasteiger partial charge on any atom is 0.267 e. The number of nitrogens with zero attached hydrogens (tertiary/aromatic N) is 2. The predicted octanol–water partition coefficient (Wildman–Crippen LogP) is 2.55. The number of amides is 1. The van der Waals surface area contributed by atoms with Crippen molar-refractivity contribution in [1.82, 2.24) is 4.98 Å². The van der Waals surface area contributed by atoms with Gasteiger partial charge in [-0.05, 0) is 42.8 Å². The third-order valence-electron chi connectivity index (χ3n) is 2.87. The van der Waals surface area contributed by atoms with Gasteiger partial charge in [-0.2, -0.15) is 5.26 Å². The predicted molar refractivity (Wildman–Crippen MR) is 83.0 cm³/mol. The van der Waals surface area contributed by atoms with E-state index in [9.17, 15) is 9.90 Å². The Morgan fingerprint density at radius 3 is 2.86 bits per heavy atom. The molecule has 6 heteroatoms. The van der Waals surface area contributed by atoms with Crippen molar-refractivity contribution in [2.24, 2.45) is 0 Å². The van der Waals surface area contributed by atoms with Crippen molar-refractivity contribution >= 4 is 17.3 Å². The maximum absolute atomic E-state index is 12.1. The molecule has 110 valence electrons. The van der Waals surface area contributed by atoms with Crippen LogP contribution < -0.4 is 10.6 Å². The topological polar surface area (TPSA) is 98.0 Å². The highest BCUT2D eigenvalue weighted by Crippen LogP contribution is 2.20. The number of nitriles is 1. The molecule has 1 aromatic carbocycles. The number of benzene rings is 1. The summed E-state index contributed by atoms with van der Waals surface area (Å²) < 4.78 is 0. The molecule has 22 heavy (non-hydrogen) atoms. The summed E-state index contributed by atoms with van der Waals surface area (Å²) in [5, 5.41) is 23.9. The number of hydrogen-bond donors (Lipinski definition) is 3. The smallest absolute Gasteiger partial charge is 0.267 e. The highest BCUT2D eigenvalue weighted by atomic mass is 16.3. The first-order valence-electron chi connectivity index (χ1n) is 6.48. The lowest BCUT2D eigenvalue weighted by atomic mass is 10.2. The number of aromatic nitrogens is 1. The molecule has 2 aromatic rings. The molecular weight excluding hydrogens is 280 g/mol. The first kappa shape index (κ1) is 15.1. The first-order chi connectivity index (χ1) is 10.6. The summed E-state index contributed by atoms with van der Waals surface area (Å²) >= 11 is 0. The Balaban J connectivity index is 2.10. The molecule has 0 aliphatic heterocycles. The number of phenols is 1. The number of anilines is 2. The first-order valence-corrected chi connectivity index (χ1v) is 6.48.